The third-order valence-corrected chi connectivity index (χ3v) is 4.33. The predicted molar refractivity (Wildman–Crippen MR) is 101 cm³/mol. The van der Waals surface area contributed by atoms with Gasteiger partial charge in [-0.25, -0.2) is 9.38 Å². The van der Waals surface area contributed by atoms with E-state index in [-0.39, 0.29) is 24.4 Å². The number of hydrogen-bond acceptors (Lipinski definition) is 3. The summed E-state index contributed by atoms with van der Waals surface area (Å²) in [5.74, 6) is 0.240. The number of hydrogen-bond donors (Lipinski definition) is 2. The number of halogens is 1. The third kappa shape index (κ3) is 6.63. The van der Waals surface area contributed by atoms with Crippen molar-refractivity contribution in [3.05, 3.63) is 35.1 Å². The van der Waals surface area contributed by atoms with Crippen molar-refractivity contribution in [1.29, 1.82) is 0 Å². The van der Waals surface area contributed by atoms with Crippen LogP contribution >= 0.6 is 0 Å². The highest BCUT2D eigenvalue weighted by Gasteiger charge is 2.14. The number of carbonyl (C=O) groups is 1. The van der Waals surface area contributed by atoms with Gasteiger partial charge >= 0.3 is 0 Å². The van der Waals surface area contributed by atoms with E-state index in [0.29, 0.717) is 24.6 Å². The van der Waals surface area contributed by atoms with Crippen LogP contribution in [0.1, 0.15) is 30.4 Å². The van der Waals surface area contributed by atoms with Crippen molar-refractivity contribution in [2.45, 2.75) is 38.8 Å². The Balaban J connectivity index is 1.97. The number of rotatable bonds is 6. The van der Waals surface area contributed by atoms with Crippen LogP contribution in [0.25, 0.3) is 0 Å². The van der Waals surface area contributed by atoms with Crippen LogP contribution in [0.2, 0.25) is 0 Å². The van der Waals surface area contributed by atoms with E-state index in [9.17, 15) is 9.18 Å². The molecule has 1 aromatic rings. The first-order chi connectivity index (χ1) is 12.5. The summed E-state index contributed by atoms with van der Waals surface area (Å²) >= 11 is 0. The smallest absolute Gasteiger partial charge is 0.241 e. The Hall–Kier alpha value is -2.15. The number of nitrogens with zero attached hydrogens (tertiary/aromatic N) is 2. The molecule has 2 N–H and O–H groups in total. The van der Waals surface area contributed by atoms with Crippen molar-refractivity contribution in [3.63, 3.8) is 0 Å². The van der Waals surface area contributed by atoms with Crippen LogP contribution < -0.4 is 10.6 Å². The fourth-order valence-electron chi connectivity index (χ4n) is 2.58. The van der Waals surface area contributed by atoms with E-state index in [4.69, 9.17) is 4.74 Å². The van der Waals surface area contributed by atoms with Gasteiger partial charge in [0.15, 0.2) is 5.96 Å². The molecule has 1 fully saturated rings. The molecule has 1 saturated heterocycles. The summed E-state index contributed by atoms with van der Waals surface area (Å²) in [7, 11) is 3.42. The summed E-state index contributed by atoms with van der Waals surface area (Å²) in [6.07, 6.45) is 3.43. The second-order valence-corrected chi connectivity index (χ2v) is 6.76. The minimum atomic E-state index is -0.237. The summed E-state index contributed by atoms with van der Waals surface area (Å²) in [4.78, 5) is 17.8. The first kappa shape index (κ1) is 20.2. The minimum Gasteiger partial charge on any atom is -0.376 e. The maximum Gasteiger partial charge on any atom is 0.241 e. The zero-order chi connectivity index (χ0) is 18.9. The molecule has 1 amide bonds. The number of guanidine groups is 1. The Kier molecular flexibility index (Phi) is 7.84. The number of nitrogens with one attached hydrogen (secondary N) is 2. The second-order valence-electron chi connectivity index (χ2n) is 6.76. The van der Waals surface area contributed by atoms with Crippen LogP contribution in [-0.2, 0) is 16.1 Å². The van der Waals surface area contributed by atoms with Gasteiger partial charge in [-0.2, -0.15) is 0 Å². The van der Waals surface area contributed by atoms with Gasteiger partial charge in [0.25, 0.3) is 0 Å². The number of carbonyl (C=O) groups excluding carboxylic acids is 1. The highest BCUT2D eigenvalue weighted by molar-refractivity contribution is 5.86. The topological polar surface area (TPSA) is 66.0 Å². The molecule has 1 aliphatic rings. The molecule has 1 atom stereocenters. The lowest BCUT2D eigenvalue weighted by atomic mass is 10.1. The number of amides is 1. The normalized spacial score (nSPS) is 17.7. The number of benzene rings is 1. The lowest BCUT2D eigenvalue weighted by Crippen LogP contribution is -2.45. The average Bonchev–Trinajstić information content (AvgIpc) is 2.64. The van der Waals surface area contributed by atoms with Gasteiger partial charge in [-0.05, 0) is 43.4 Å². The van der Waals surface area contributed by atoms with Crippen LogP contribution in [0.5, 0.6) is 0 Å². The molecular weight excluding hydrogens is 335 g/mol. The van der Waals surface area contributed by atoms with Gasteiger partial charge in [0.1, 0.15) is 5.82 Å². The van der Waals surface area contributed by atoms with E-state index >= 15 is 0 Å². The third-order valence-electron chi connectivity index (χ3n) is 4.33. The molecule has 2 rings (SSSR count). The summed E-state index contributed by atoms with van der Waals surface area (Å²) in [5, 5.41) is 6.26. The molecular formula is C19H29FN4O2. The SMILES string of the molecule is Cc1ccc(CN=C(NCC(=O)N(C)C)NCC2CCCCO2)cc1F. The van der Waals surface area contributed by atoms with Gasteiger partial charge in [-0.15, -0.1) is 0 Å². The molecule has 1 aromatic carbocycles. The number of aliphatic imine (C=N–C) groups is 1. The van der Waals surface area contributed by atoms with Crippen molar-refractivity contribution < 1.29 is 13.9 Å². The van der Waals surface area contributed by atoms with E-state index in [1.807, 2.05) is 6.07 Å². The van der Waals surface area contributed by atoms with Crippen LogP contribution in [0, 0.1) is 12.7 Å². The van der Waals surface area contributed by atoms with Gasteiger partial charge in [-0.1, -0.05) is 12.1 Å². The van der Waals surface area contributed by atoms with Gasteiger partial charge in [-0.3, -0.25) is 4.79 Å². The standard InChI is InChI=1S/C19H29FN4O2/c1-14-7-8-15(10-17(14)20)11-21-19(23-13-18(25)24(2)3)22-12-16-6-4-5-9-26-16/h7-8,10,16H,4-6,9,11-13H2,1-3H3,(H2,21,22,23). The van der Waals surface area contributed by atoms with Crippen molar-refractivity contribution in [2.24, 2.45) is 4.99 Å². The second kappa shape index (κ2) is 10.1. The molecule has 0 bridgehead atoms. The van der Waals surface area contributed by atoms with Crippen molar-refractivity contribution in [1.82, 2.24) is 15.5 Å². The Morgan fingerprint density at radius 2 is 2.15 bits per heavy atom. The molecule has 26 heavy (non-hydrogen) atoms. The molecule has 144 valence electrons. The Bertz CT molecular complexity index is 628. The van der Waals surface area contributed by atoms with Crippen molar-refractivity contribution in [2.75, 3.05) is 33.8 Å². The lowest BCUT2D eigenvalue weighted by molar-refractivity contribution is -0.127. The molecule has 7 heteroatoms. The van der Waals surface area contributed by atoms with Gasteiger partial charge < -0.3 is 20.3 Å². The van der Waals surface area contributed by atoms with Crippen molar-refractivity contribution >= 4 is 11.9 Å². The molecule has 1 heterocycles. The summed E-state index contributed by atoms with van der Waals surface area (Å²) in [6, 6.07) is 5.09. The fourth-order valence-corrected chi connectivity index (χ4v) is 2.58. The number of ether oxygens (including phenoxy) is 1. The first-order valence-corrected chi connectivity index (χ1v) is 9.04. The highest BCUT2D eigenvalue weighted by atomic mass is 19.1. The lowest BCUT2D eigenvalue weighted by Gasteiger charge is -2.24. The van der Waals surface area contributed by atoms with Crippen LogP contribution in [0.15, 0.2) is 23.2 Å². The largest absolute Gasteiger partial charge is 0.376 e. The van der Waals surface area contributed by atoms with E-state index in [2.05, 4.69) is 15.6 Å². The van der Waals surface area contributed by atoms with Crippen LogP contribution in [-0.4, -0.2) is 56.7 Å². The molecule has 6 nitrogen and oxygen atoms in total. The highest BCUT2D eigenvalue weighted by Crippen LogP contribution is 2.12. The summed E-state index contributed by atoms with van der Waals surface area (Å²) in [5.41, 5.74) is 1.39. The predicted octanol–water partition coefficient (Wildman–Crippen LogP) is 1.83. The molecule has 0 aromatic heterocycles. The summed E-state index contributed by atoms with van der Waals surface area (Å²) in [6.45, 7) is 3.62. The van der Waals surface area contributed by atoms with E-state index < -0.39 is 0 Å². The number of aryl methyl sites for hydroxylation is 1. The molecule has 1 unspecified atom stereocenters. The fraction of sp³-hybridized carbons (Fsp3) is 0.579. The first-order valence-electron chi connectivity index (χ1n) is 9.04. The van der Waals surface area contributed by atoms with E-state index in [1.165, 1.54) is 11.0 Å². The number of likely N-dealkylation sites (N-methyl/N-ethyl adjacent to an activating group) is 1. The van der Waals surface area contributed by atoms with Crippen LogP contribution in [0.4, 0.5) is 4.39 Å². The molecule has 0 spiro atoms. The zero-order valence-electron chi connectivity index (χ0n) is 15.8. The molecule has 0 saturated carbocycles. The monoisotopic (exact) mass is 364 g/mol. The van der Waals surface area contributed by atoms with Gasteiger partial charge in [0.2, 0.25) is 5.91 Å². The van der Waals surface area contributed by atoms with Crippen LogP contribution in [0.3, 0.4) is 0 Å². The minimum absolute atomic E-state index is 0.0465. The molecule has 0 radical (unpaired) electrons. The Morgan fingerprint density at radius 1 is 1.35 bits per heavy atom. The maximum absolute atomic E-state index is 13.7. The van der Waals surface area contributed by atoms with Crippen molar-refractivity contribution in [3.8, 4) is 0 Å². The van der Waals surface area contributed by atoms with E-state index in [0.717, 1.165) is 31.4 Å². The van der Waals surface area contributed by atoms with Gasteiger partial charge in [0, 0.05) is 27.2 Å². The quantitative estimate of drug-likeness (QED) is 0.597. The van der Waals surface area contributed by atoms with Gasteiger partial charge in [0.05, 0.1) is 19.2 Å². The maximum atomic E-state index is 13.7. The zero-order valence-corrected chi connectivity index (χ0v) is 15.8. The average molecular weight is 364 g/mol. The Morgan fingerprint density at radius 3 is 2.81 bits per heavy atom. The molecule has 0 aliphatic carbocycles. The molecule has 1 aliphatic heterocycles. The van der Waals surface area contributed by atoms with E-state index in [1.54, 1.807) is 27.1 Å². The summed E-state index contributed by atoms with van der Waals surface area (Å²) < 4.78 is 19.4. The Labute approximate surface area is 154 Å².